The van der Waals surface area contributed by atoms with Crippen molar-refractivity contribution in [3.8, 4) is 0 Å². The van der Waals surface area contributed by atoms with Crippen LogP contribution in [-0.4, -0.2) is 87.8 Å². The zero-order chi connectivity index (χ0) is 25.9. The highest BCUT2D eigenvalue weighted by molar-refractivity contribution is 7.50. The van der Waals surface area contributed by atoms with Crippen LogP contribution in [0.1, 0.15) is 20.1 Å². The maximum Gasteiger partial charge on any atom is 0.400 e. The Hall–Kier alpha value is -2.43. The molecular formula is C17H30N5O11P. The first-order valence-corrected chi connectivity index (χ1v) is 11.7. The minimum absolute atomic E-state index is 0.00600. The summed E-state index contributed by atoms with van der Waals surface area (Å²) in [6.07, 6.45) is -4.03. The first-order valence-electron chi connectivity index (χ1n) is 10.0. The fourth-order valence-electron chi connectivity index (χ4n) is 2.59. The number of hydrogen-bond acceptors (Lipinski definition) is 13. The smallest absolute Gasteiger partial charge is 0.400 e. The van der Waals surface area contributed by atoms with E-state index in [9.17, 15) is 29.2 Å². The number of nitrogens with one attached hydrogen (secondary N) is 1. The van der Waals surface area contributed by atoms with Crippen molar-refractivity contribution in [3.63, 3.8) is 0 Å². The molecule has 34 heavy (non-hydrogen) atoms. The number of carbonyl (C=O) groups is 2. The van der Waals surface area contributed by atoms with Crippen LogP contribution in [0.15, 0.2) is 17.1 Å². The zero-order valence-electron chi connectivity index (χ0n) is 18.6. The SMILES string of the molecule is CCOC(=O)CNCC(=O)OCC.Nc1ccn([C@@H]2O[C@H](COP(N)(=O)O)[C@@H](O)[C@H]2O)c(=O)n1. The second-order valence-corrected chi connectivity index (χ2v) is 8.05. The first-order chi connectivity index (χ1) is 15.9. The summed E-state index contributed by atoms with van der Waals surface area (Å²) in [6.45, 7) is 3.68. The van der Waals surface area contributed by atoms with E-state index in [1.165, 1.54) is 12.3 Å². The Morgan fingerprint density at radius 3 is 2.24 bits per heavy atom. The number of nitrogens with zero attached hydrogens (tertiary/aromatic N) is 2. The lowest BCUT2D eigenvalue weighted by atomic mass is 10.1. The van der Waals surface area contributed by atoms with Gasteiger partial charge in [0, 0.05) is 6.20 Å². The molecule has 1 unspecified atom stereocenters. The monoisotopic (exact) mass is 511 g/mol. The van der Waals surface area contributed by atoms with E-state index in [2.05, 4.69) is 24.3 Å². The van der Waals surface area contributed by atoms with Crippen molar-refractivity contribution in [1.29, 1.82) is 0 Å². The van der Waals surface area contributed by atoms with E-state index in [-0.39, 0.29) is 30.8 Å². The van der Waals surface area contributed by atoms with E-state index in [1.807, 2.05) is 0 Å². The Morgan fingerprint density at radius 2 is 1.76 bits per heavy atom. The highest BCUT2D eigenvalue weighted by Gasteiger charge is 2.44. The number of nitrogens with two attached hydrogens (primary N) is 2. The quantitative estimate of drug-likeness (QED) is 0.137. The molecule has 1 fully saturated rings. The van der Waals surface area contributed by atoms with Crippen LogP contribution in [-0.2, 0) is 32.9 Å². The molecule has 1 aromatic heterocycles. The summed E-state index contributed by atoms with van der Waals surface area (Å²) in [5.74, 6) is -0.743. The zero-order valence-corrected chi connectivity index (χ0v) is 19.5. The summed E-state index contributed by atoms with van der Waals surface area (Å²) < 4.78 is 30.7. The molecular weight excluding hydrogens is 481 g/mol. The summed E-state index contributed by atoms with van der Waals surface area (Å²) in [7, 11) is -4.24. The highest BCUT2D eigenvalue weighted by atomic mass is 31.2. The van der Waals surface area contributed by atoms with Gasteiger partial charge in [0.1, 0.15) is 24.1 Å². The number of carbonyl (C=O) groups excluding carboxylic acids is 2. The number of aliphatic hydroxyl groups excluding tert-OH is 2. The highest BCUT2D eigenvalue weighted by Crippen LogP contribution is 2.35. The number of ether oxygens (including phenoxy) is 3. The van der Waals surface area contributed by atoms with Crippen LogP contribution in [0.5, 0.6) is 0 Å². The molecule has 1 aliphatic rings. The van der Waals surface area contributed by atoms with Crippen molar-refractivity contribution >= 4 is 25.5 Å². The van der Waals surface area contributed by atoms with Gasteiger partial charge in [-0.15, -0.1) is 0 Å². The van der Waals surface area contributed by atoms with E-state index in [0.29, 0.717) is 13.2 Å². The van der Waals surface area contributed by atoms with Crippen molar-refractivity contribution in [3.05, 3.63) is 22.7 Å². The van der Waals surface area contributed by atoms with Crippen LogP contribution < -0.4 is 22.2 Å². The van der Waals surface area contributed by atoms with Gasteiger partial charge in [-0.3, -0.25) is 24.0 Å². The molecule has 0 amide bonds. The van der Waals surface area contributed by atoms with Crippen molar-refractivity contribution < 1.29 is 48.0 Å². The van der Waals surface area contributed by atoms with E-state index >= 15 is 0 Å². The topological polar surface area (TPSA) is 248 Å². The second kappa shape index (κ2) is 14.1. The molecule has 0 spiro atoms. The molecule has 0 aliphatic carbocycles. The van der Waals surface area contributed by atoms with Gasteiger partial charge in [0.25, 0.3) is 0 Å². The molecule has 2 rings (SSSR count). The average Bonchev–Trinajstić information content (AvgIpc) is 3.01. The normalized spacial score (nSPS) is 23.4. The third kappa shape index (κ3) is 10.2. The van der Waals surface area contributed by atoms with Crippen molar-refractivity contribution in [2.45, 2.75) is 38.4 Å². The molecule has 0 bridgehead atoms. The molecule has 5 atom stereocenters. The predicted molar refractivity (Wildman–Crippen MR) is 115 cm³/mol. The number of aliphatic hydroxyl groups is 2. The van der Waals surface area contributed by atoms with E-state index in [4.69, 9.17) is 20.9 Å². The van der Waals surface area contributed by atoms with Crippen LogP contribution in [0.25, 0.3) is 0 Å². The van der Waals surface area contributed by atoms with Crippen molar-refractivity contribution in [2.24, 2.45) is 5.50 Å². The third-order valence-electron chi connectivity index (χ3n) is 4.04. The number of rotatable bonds is 10. The van der Waals surface area contributed by atoms with Crippen molar-refractivity contribution in [2.75, 3.05) is 38.6 Å². The molecule has 0 saturated carbocycles. The molecule has 16 nitrogen and oxygen atoms in total. The fourth-order valence-corrected chi connectivity index (χ4v) is 2.95. The molecule has 0 radical (unpaired) electrons. The standard InChI is InChI=1S/C9H15N4O7P.C8H15NO4/c10-5-1-2-13(9(16)12-5)8-7(15)6(14)4(20-8)3-19-21(11,17)18;1-3-12-7(10)5-9-6-8(11)13-4-2/h1-2,4,6-8,14-15H,3H2,(H2,10,12,16)(H3,11,17,18);9H,3-6H2,1-2H3/t4-,6-,7-,8-;/m1./s1. The van der Waals surface area contributed by atoms with Gasteiger partial charge in [-0.05, 0) is 19.9 Å². The lowest BCUT2D eigenvalue weighted by Crippen LogP contribution is -2.36. The molecule has 2 heterocycles. The van der Waals surface area contributed by atoms with Crippen LogP contribution in [0, 0.1) is 0 Å². The Kier molecular flexibility index (Phi) is 12.3. The van der Waals surface area contributed by atoms with E-state index in [1.54, 1.807) is 13.8 Å². The minimum Gasteiger partial charge on any atom is -0.465 e. The predicted octanol–water partition coefficient (Wildman–Crippen LogP) is -2.78. The number of hydrogen-bond donors (Lipinski definition) is 6. The van der Waals surface area contributed by atoms with Gasteiger partial charge in [-0.1, -0.05) is 0 Å². The van der Waals surface area contributed by atoms with Gasteiger partial charge < -0.3 is 35.1 Å². The van der Waals surface area contributed by atoms with Gasteiger partial charge in [0.2, 0.25) is 0 Å². The summed E-state index contributed by atoms with van der Waals surface area (Å²) in [5, 5.41) is 22.3. The van der Waals surface area contributed by atoms with Gasteiger partial charge in [-0.2, -0.15) is 4.98 Å². The van der Waals surface area contributed by atoms with Gasteiger partial charge in [0.05, 0.1) is 32.9 Å². The lowest BCUT2D eigenvalue weighted by Gasteiger charge is -2.17. The third-order valence-corrected chi connectivity index (χ3v) is 4.56. The largest absolute Gasteiger partial charge is 0.465 e. The van der Waals surface area contributed by atoms with Gasteiger partial charge in [-0.25, -0.2) is 14.9 Å². The van der Waals surface area contributed by atoms with E-state index in [0.717, 1.165) is 4.57 Å². The van der Waals surface area contributed by atoms with E-state index < -0.39 is 44.6 Å². The van der Waals surface area contributed by atoms with Crippen LogP contribution in [0.4, 0.5) is 5.82 Å². The Labute approximate surface area is 194 Å². The van der Waals surface area contributed by atoms with Crippen LogP contribution >= 0.6 is 7.75 Å². The number of aromatic nitrogens is 2. The maximum absolute atomic E-state index is 11.7. The summed E-state index contributed by atoms with van der Waals surface area (Å²) in [6, 6.07) is 1.31. The average molecular weight is 511 g/mol. The maximum atomic E-state index is 11.7. The van der Waals surface area contributed by atoms with Gasteiger partial charge >= 0.3 is 25.4 Å². The van der Waals surface area contributed by atoms with Crippen LogP contribution in [0.2, 0.25) is 0 Å². The molecule has 1 saturated heterocycles. The number of nitrogen functional groups attached to an aromatic ring is 1. The molecule has 17 heteroatoms. The van der Waals surface area contributed by atoms with Crippen LogP contribution in [0.3, 0.4) is 0 Å². The fraction of sp³-hybridized carbons (Fsp3) is 0.647. The minimum atomic E-state index is -4.24. The lowest BCUT2D eigenvalue weighted by molar-refractivity contribution is -0.143. The van der Waals surface area contributed by atoms with Crippen molar-refractivity contribution in [1.82, 2.24) is 14.9 Å². The Balaban J connectivity index is 0.000000385. The molecule has 194 valence electrons. The summed E-state index contributed by atoms with van der Waals surface area (Å²) in [4.78, 5) is 45.4. The summed E-state index contributed by atoms with van der Waals surface area (Å²) >= 11 is 0. The van der Waals surface area contributed by atoms with Gasteiger partial charge in [0.15, 0.2) is 6.23 Å². The number of esters is 2. The Bertz CT molecular complexity index is 890. The molecule has 1 aliphatic heterocycles. The summed E-state index contributed by atoms with van der Waals surface area (Å²) in [5.41, 5.74) is 9.35. The Morgan fingerprint density at radius 1 is 1.21 bits per heavy atom. The molecule has 1 aromatic rings. The second-order valence-electron chi connectivity index (χ2n) is 6.66. The molecule has 0 aromatic carbocycles. The number of anilines is 1. The first kappa shape index (κ1) is 29.6. The molecule has 8 N–H and O–H groups in total.